The third-order valence-electron chi connectivity index (χ3n) is 4.75. The van der Waals surface area contributed by atoms with Crippen LogP contribution in [0.25, 0.3) is 6.08 Å². The minimum atomic E-state index is -0.521. The fourth-order valence-corrected chi connectivity index (χ4v) is 4.61. The van der Waals surface area contributed by atoms with Gasteiger partial charge in [-0.05, 0) is 36.1 Å². The number of amidine groups is 3. The van der Waals surface area contributed by atoms with Crippen LogP contribution in [-0.4, -0.2) is 45.3 Å². The zero-order valence-electron chi connectivity index (χ0n) is 17.5. The number of hydrogen-bond donors (Lipinski definition) is 1. The second-order valence-electron chi connectivity index (χ2n) is 6.70. The Labute approximate surface area is 197 Å². The van der Waals surface area contributed by atoms with E-state index in [9.17, 15) is 14.9 Å². The number of benzene rings is 2. The van der Waals surface area contributed by atoms with Crippen LogP contribution in [0.3, 0.4) is 0 Å². The monoisotopic (exact) mass is 483 g/mol. The Kier molecular flexibility index (Phi) is 6.47. The normalized spacial score (nSPS) is 16.4. The van der Waals surface area contributed by atoms with Crippen molar-refractivity contribution in [3.8, 4) is 11.5 Å². The third-order valence-corrected chi connectivity index (χ3v) is 6.20. The van der Waals surface area contributed by atoms with Gasteiger partial charge >= 0.3 is 0 Å². The lowest BCUT2D eigenvalue weighted by Gasteiger charge is -2.23. The molecule has 2 aliphatic heterocycles. The van der Waals surface area contributed by atoms with Crippen LogP contribution in [0.15, 0.2) is 57.4 Å². The molecule has 0 radical (unpaired) electrons. The van der Waals surface area contributed by atoms with Crippen LogP contribution in [-0.2, 0) is 11.4 Å². The first-order valence-electron chi connectivity index (χ1n) is 9.49. The zero-order valence-corrected chi connectivity index (χ0v) is 19.1. The lowest BCUT2D eigenvalue weighted by atomic mass is 10.1. The molecule has 0 saturated heterocycles. The van der Waals surface area contributed by atoms with Gasteiger partial charge in [-0.25, -0.2) is 4.90 Å². The number of thioether (sulfide) groups is 1. The number of amides is 1. The minimum Gasteiger partial charge on any atom is -0.493 e. The summed E-state index contributed by atoms with van der Waals surface area (Å²) in [6.45, 7) is -0.0159. The summed E-state index contributed by atoms with van der Waals surface area (Å²) in [5.41, 5.74) is 1.13. The average molecular weight is 484 g/mol. The Balaban J connectivity index is 1.58. The molecule has 0 aromatic heterocycles. The number of hydrogen-bond acceptors (Lipinski definition) is 9. The van der Waals surface area contributed by atoms with Gasteiger partial charge in [0.15, 0.2) is 16.7 Å². The van der Waals surface area contributed by atoms with E-state index < -0.39 is 10.8 Å². The molecule has 0 saturated carbocycles. The summed E-state index contributed by atoms with van der Waals surface area (Å²) in [7, 11) is 1.47. The van der Waals surface area contributed by atoms with Gasteiger partial charge in [0, 0.05) is 6.07 Å². The molecule has 0 spiro atoms. The first kappa shape index (κ1) is 22.6. The molecule has 0 atom stereocenters. The van der Waals surface area contributed by atoms with Crippen LogP contribution >= 0.6 is 23.7 Å². The van der Waals surface area contributed by atoms with Crippen molar-refractivity contribution in [2.45, 2.75) is 6.61 Å². The number of nitro groups is 1. The summed E-state index contributed by atoms with van der Waals surface area (Å²) in [6.07, 6.45) is 3.39. The van der Waals surface area contributed by atoms with Gasteiger partial charge in [0.1, 0.15) is 12.4 Å². The molecule has 0 bridgehead atoms. The molecule has 168 valence electrons. The SMILES string of the molecule is COc1cc(/C=C2/C(=N)N3C(SC)=NSC3=NC2=O)ccc1OCc1ccccc1[N+](=O)[O-]. The van der Waals surface area contributed by atoms with Gasteiger partial charge in [0.2, 0.25) is 5.17 Å². The van der Waals surface area contributed by atoms with Crippen molar-refractivity contribution in [1.29, 1.82) is 5.41 Å². The van der Waals surface area contributed by atoms with Crippen molar-refractivity contribution in [1.82, 2.24) is 4.90 Å². The number of nitrogens with one attached hydrogen (secondary N) is 1. The predicted octanol–water partition coefficient (Wildman–Crippen LogP) is 4.12. The highest BCUT2D eigenvalue weighted by atomic mass is 32.2. The van der Waals surface area contributed by atoms with Crippen molar-refractivity contribution in [3.05, 3.63) is 69.3 Å². The largest absolute Gasteiger partial charge is 0.493 e. The summed E-state index contributed by atoms with van der Waals surface area (Å²) in [5, 5.41) is 20.6. The third kappa shape index (κ3) is 4.47. The molecule has 2 aliphatic rings. The number of carbonyl (C=O) groups is 1. The number of nitro benzene ring substituents is 1. The van der Waals surface area contributed by atoms with Crippen LogP contribution in [0.1, 0.15) is 11.1 Å². The minimum absolute atomic E-state index is 0.00113. The standard InChI is InChI=1S/C21H17N5O5S2/c1-30-17-10-12(7-8-16(17)31-11-13-5-3-4-6-15(13)26(28)29)9-14-18(22)25-20(23-19(14)27)33-24-21(25)32-2/h3-10,22H,11H2,1-2H3/b14-9-,22-18?. The number of ether oxygens (including phenoxy) is 2. The van der Waals surface area contributed by atoms with E-state index >= 15 is 0 Å². The van der Waals surface area contributed by atoms with E-state index in [2.05, 4.69) is 9.39 Å². The number of rotatable bonds is 6. The topological polar surface area (TPSA) is 130 Å². The molecular weight excluding hydrogens is 466 g/mol. The summed E-state index contributed by atoms with van der Waals surface area (Å²) in [4.78, 5) is 28.8. The van der Waals surface area contributed by atoms with E-state index in [0.717, 1.165) is 11.9 Å². The van der Waals surface area contributed by atoms with Crippen molar-refractivity contribution < 1.29 is 19.2 Å². The van der Waals surface area contributed by atoms with E-state index in [1.807, 2.05) is 6.26 Å². The number of methoxy groups -OCH3 is 1. The molecule has 0 aliphatic carbocycles. The molecule has 33 heavy (non-hydrogen) atoms. The zero-order chi connectivity index (χ0) is 23.5. The Morgan fingerprint density at radius 3 is 2.79 bits per heavy atom. The molecule has 2 aromatic rings. The number of fused-ring (bicyclic) bond motifs is 1. The maximum Gasteiger partial charge on any atom is 0.283 e. The second kappa shape index (κ2) is 9.46. The van der Waals surface area contributed by atoms with Crippen molar-refractivity contribution in [3.63, 3.8) is 0 Å². The van der Waals surface area contributed by atoms with Crippen molar-refractivity contribution in [2.75, 3.05) is 13.4 Å². The Morgan fingerprint density at radius 1 is 1.27 bits per heavy atom. The first-order chi connectivity index (χ1) is 15.9. The fraction of sp³-hybridized carbons (Fsp3) is 0.143. The van der Waals surface area contributed by atoms with Crippen LogP contribution < -0.4 is 9.47 Å². The van der Waals surface area contributed by atoms with E-state index in [0.29, 0.717) is 33.0 Å². The highest BCUT2D eigenvalue weighted by molar-refractivity contribution is 8.18. The predicted molar refractivity (Wildman–Crippen MR) is 129 cm³/mol. The molecule has 10 nitrogen and oxygen atoms in total. The summed E-state index contributed by atoms with van der Waals surface area (Å²) >= 11 is 2.43. The molecule has 0 fully saturated rings. The lowest BCUT2D eigenvalue weighted by Crippen LogP contribution is -2.41. The first-order valence-corrected chi connectivity index (χ1v) is 11.5. The Bertz CT molecular complexity index is 1260. The molecule has 2 aromatic carbocycles. The second-order valence-corrected chi connectivity index (χ2v) is 8.20. The molecule has 1 amide bonds. The van der Waals surface area contributed by atoms with Crippen LogP contribution in [0.5, 0.6) is 11.5 Å². The average Bonchev–Trinajstić information content (AvgIpc) is 3.23. The van der Waals surface area contributed by atoms with Crippen molar-refractivity contribution in [2.24, 2.45) is 9.39 Å². The van der Waals surface area contributed by atoms with Gasteiger partial charge in [-0.3, -0.25) is 20.3 Å². The van der Waals surface area contributed by atoms with Gasteiger partial charge in [-0.2, -0.15) is 9.39 Å². The van der Waals surface area contributed by atoms with E-state index in [1.165, 1.54) is 29.8 Å². The van der Waals surface area contributed by atoms with Gasteiger partial charge < -0.3 is 9.47 Å². The van der Waals surface area contributed by atoms with E-state index in [-0.39, 0.29) is 23.7 Å². The van der Waals surface area contributed by atoms with Gasteiger partial charge in [-0.15, -0.1) is 0 Å². The maximum absolute atomic E-state index is 12.5. The number of carbonyl (C=O) groups excluding carboxylic acids is 1. The van der Waals surface area contributed by atoms with Gasteiger partial charge in [0.05, 0.1) is 35.1 Å². The molecule has 4 rings (SSSR count). The highest BCUT2D eigenvalue weighted by Gasteiger charge is 2.37. The molecule has 1 N–H and O–H groups in total. The molecular formula is C21H17N5O5S2. The quantitative estimate of drug-likeness (QED) is 0.281. The van der Waals surface area contributed by atoms with Gasteiger partial charge in [0.25, 0.3) is 11.6 Å². The van der Waals surface area contributed by atoms with E-state index in [1.54, 1.807) is 42.5 Å². The summed E-state index contributed by atoms with van der Waals surface area (Å²) in [6, 6.07) is 11.3. The van der Waals surface area contributed by atoms with E-state index in [4.69, 9.17) is 14.9 Å². The Hall–Kier alpha value is -3.64. The van der Waals surface area contributed by atoms with Gasteiger partial charge in [-0.1, -0.05) is 30.0 Å². The summed E-state index contributed by atoms with van der Waals surface area (Å²) < 4.78 is 15.4. The van der Waals surface area contributed by atoms with Crippen LogP contribution in [0.4, 0.5) is 5.69 Å². The van der Waals surface area contributed by atoms with Crippen LogP contribution in [0.2, 0.25) is 0 Å². The van der Waals surface area contributed by atoms with Crippen molar-refractivity contribution >= 4 is 57.6 Å². The molecule has 0 unspecified atom stereocenters. The highest BCUT2D eigenvalue weighted by Crippen LogP contribution is 2.33. The number of aliphatic imine (C=N–C) groups is 1. The molecule has 2 heterocycles. The fourth-order valence-electron chi connectivity index (χ4n) is 3.16. The smallest absolute Gasteiger partial charge is 0.283 e. The molecule has 12 heteroatoms. The lowest BCUT2D eigenvalue weighted by molar-refractivity contribution is -0.385. The van der Waals surface area contributed by atoms with Crippen LogP contribution in [0, 0.1) is 15.5 Å². The number of para-hydroxylation sites is 1. The summed E-state index contributed by atoms with van der Waals surface area (Å²) in [5.74, 6) is 0.242. The number of nitrogens with zero attached hydrogens (tertiary/aromatic N) is 4. The Morgan fingerprint density at radius 2 is 2.06 bits per heavy atom. The maximum atomic E-state index is 12.5.